The molecular weight excluding hydrogens is 352 g/mol. The Labute approximate surface area is 155 Å². The summed E-state index contributed by atoms with van der Waals surface area (Å²) < 4.78 is 17.1. The monoisotopic (exact) mass is 372 g/mol. The first-order valence-corrected chi connectivity index (χ1v) is 9.09. The molecule has 136 valence electrons. The second kappa shape index (κ2) is 8.53. The largest absolute Gasteiger partial charge is 0.497 e. The van der Waals surface area contributed by atoms with E-state index in [2.05, 4.69) is 10.3 Å². The number of fused-ring (bicyclic) bond motifs is 1. The first-order chi connectivity index (χ1) is 12.7. The van der Waals surface area contributed by atoms with Crippen LogP contribution in [0, 0.1) is 0 Å². The summed E-state index contributed by atoms with van der Waals surface area (Å²) in [6.07, 6.45) is 0.243. The van der Waals surface area contributed by atoms with Crippen molar-refractivity contribution < 1.29 is 19.0 Å². The molecule has 1 heterocycles. The van der Waals surface area contributed by atoms with E-state index >= 15 is 0 Å². The highest BCUT2D eigenvalue weighted by atomic mass is 32.1. The van der Waals surface area contributed by atoms with Crippen molar-refractivity contribution in [3.8, 4) is 17.2 Å². The molecule has 7 heteroatoms. The minimum absolute atomic E-state index is 0.137. The van der Waals surface area contributed by atoms with Crippen LogP contribution in [0.4, 0.5) is 5.13 Å². The number of anilines is 1. The van der Waals surface area contributed by atoms with Crippen LogP contribution in [0.5, 0.6) is 17.2 Å². The molecule has 3 rings (SSSR count). The van der Waals surface area contributed by atoms with Crippen LogP contribution in [0.2, 0.25) is 0 Å². The highest BCUT2D eigenvalue weighted by Gasteiger charge is 2.09. The van der Waals surface area contributed by atoms with Crippen LogP contribution in [-0.2, 0) is 4.79 Å². The average Bonchev–Trinajstić information content (AvgIpc) is 3.04. The maximum Gasteiger partial charge on any atom is 0.229 e. The van der Waals surface area contributed by atoms with Crippen LogP contribution in [0.15, 0.2) is 42.5 Å². The third-order valence-corrected chi connectivity index (χ3v) is 4.51. The molecule has 0 fully saturated rings. The maximum absolute atomic E-state index is 12.1. The number of nitrogens with one attached hydrogen (secondary N) is 1. The zero-order valence-electron chi connectivity index (χ0n) is 14.7. The minimum Gasteiger partial charge on any atom is -0.497 e. The molecule has 1 amide bonds. The van der Waals surface area contributed by atoms with Crippen LogP contribution in [-0.4, -0.2) is 31.2 Å². The Morgan fingerprint density at radius 3 is 2.46 bits per heavy atom. The number of thiazole rings is 1. The maximum atomic E-state index is 12.1. The van der Waals surface area contributed by atoms with Gasteiger partial charge in [0.1, 0.15) is 17.2 Å². The number of ether oxygens (including phenoxy) is 3. The van der Waals surface area contributed by atoms with Gasteiger partial charge in [0.15, 0.2) is 5.13 Å². The molecule has 0 spiro atoms. The van der Waals surface area contributed by atoms with E-state index in [-0.39, 0.29) is 12.3 Å². The van der Waals surface area contributed by atoms with Gasteiger partial charge >= 0.3 is 0 Å². The number of methoxy groups -OCH3 is 1. The van der Waals surface area contributed by atoms with Crippen molar-refractivity contribution in [3.63, 3.8) is 0 Å². The summed E-state index contributed by atoms with van der Waals surface area (Å²) in [5.41, 5.74) is 0.830. The fourth-order valence-corrected chi connectivity index (χ4v) is 3.24. The number of rotatable bonds is 8. The van der Waals surface area contributed by atoms with E-state index < -0.39 is 0 Å². The molecule has 6 nitrogen and oxygen atoms in total. The molecule has 0 radical (unpaired) electrons. The Kier molecular flexibility index (Phi) is 5.91. The fourth-order valence-electron chi connectivity index (χ4n) is 2.33. The second-order valence-corrected chi connectivity index (χ2v) is 6.43. The number of amides is 1. The summed E-state index contributed by atoms with van der Waals surface area (Å²) in [6, 6.07) is 12.9. The van der Waals surface area contributed by atoms with Gasteiger partial charge in [-0.05, 0) is 49.4 Å². The standard InChI is InChI=1S/C19H20N2O4S/c1-3-24-13-4-6-14(7-5-13)25-11-10-18(22)21-19-20-16-9-8-15(23-2)12-17(16)26-19/h4-9,12H,3,10-11H2,1-2H3,(H,20,21,22). The lowest BCUT2D eigenvalue weighted by atomic mass is 10.3. The Balaban J connectivity index is 1.49. The highest BCUT2D eigenvalue weighted by Crippen LogP contribution is 2.29. The number of nitrogens with zero attached hydrogens (tertiary/aromatic N) is 1. The predicted molar refractivity (Wildman–Crippen MR) is 103 cm³/mol. The lowest BCUT2D eigenvalue weighted by Gasteiger charge is -2.07. The third-order valence-electron chi connectivity index (χ3n) is 3.57. The zero-order chi connectivity index (χ0) is 18.4. The van der Waals surface area contributed by atoms with E-state index in [4.69, 9.17) is 14.2 Å². The first-order valence-electron chi connectivity index (χ1n) is 8.28. The van der Waals surface area contributed by atoms with Crippen LogP contribution in [0.25, 0.3) is 10.2 Å². The summed E-state index contributed by atoms with van der Waals surface area (Å²) in [7, 11) is 1.62. The molecule has 0 saturated carbocycles. The summed E-state index contributed by atoms with van der Waals surface area (Å²) >= 11 is 1.41. The van der Waals surface area contributed by atoms with Gasteiger partial charge in [0.05, 0.1) is 37.0 Å². The predicted octanol–water partition coefficient (Wildman–Crippen LogP) is 4.11. The Morgan fingerprint density at radius 1 is 1.08 bits per heavy atom. The molecule has 0 aliphatic heterocycles. The lowest BCUT2D eigenvalue weighted by Crippen LogP contribution is -2.15. The van der Waals surface area contributed by atoms with Gasteiger partial charge in [-0.2, -0.15) is 0 Å². The van der Waals surface area contributed by atoms with Crippen molar-refractivity contribution in [3.05, 3.63) is 42.5 Å². The SMILES string of the molecule is CCOc1ccc(OCCC(=O)Nc2nc3ccc(OC)cc3s2)cc1. The number of carbonyl (C=O) groups is 1. The molecule has 1 N–H and O–H groups in total. The Bertz CT molecular complexity index is 877. The summed E-state index contributed by atoms with van der Waals surface area (Å²) in [5, 5.41) is 3.38. The van der Waals surface area contributed by atoms with Crippen molar-refractivity contribution in [2.75, 3.05) is 25.6 Å². The molecule has 2 aromatic carbocycles. The molecular formula is C19H20N2O4S. The van der Waals surface area contributed by atoms with Gasteiger partial charge in [0.2, 0.25) is 5.91 Å². The molecule has 1 aromatic heterocycles. The highest BCUT2D eigenvalue weighted by molar-refractivity contribution is 7.22. The zero-order valence-corrected chi connectivity index (χ0v) is 15.5. The van der Waals surface area contributed by atoms with Crippen molar-refractivity contribution in [1.82, 2.24) is 4.98 Å². The van der Waals surface area contributed by atoms with Crippen molar-refractivity contribution in [2.24, 2.45) is 0 Å². The van der Waals surface area contributed by atoms with Gasteiger partial charge in [0.25, 0.3) is 0 Å². The number of carbonyl (C=O) groups excluding carboxylic acids is 1. The van der Waals surface area contributed by atoms with E-state index in [0.29, 0.717) is 24.1 Å². The van der Waals surface area contributed by atoms with Crippen molar-refractivity contribution >= 4 is 32.6 Å². The molecule has 26 heavy (non-hydrogen) atoms. The van der Waals surface area contributed by atoms with Crippen LogP contribution < -0.4 is 19.5 Å². The number of benzene rings is 2. The van der Waals surface area contributed by atoms with Crippen LogP contribution >= 0.6 is 11.3 Å². The van der Waals surface area contributed by atoms with Crippen molar-refractivity contribution in [1.29, 1.82) is 0 Å². The Morgan fingerprint density at radius 2 is 1.77 bits per heavy atom. The summed E-state index contributed by atoms with van der Waals surface area (Å²) in [6.45, 7) is 2.85. The van der Waals surface area contributed by atoms with Gasteiger partial charge in [-0.1, -0.05) is 11.3 Å². The quantitative estimate of drug-likeness (QED) is 0.644. The molecule has 0 aliphatic rings. The Hall–Kier alpha value is -2.80. The lowest BCUT2D eigenvalue weighted by molar-refractivity contribution is -0.116. The minimum atomic E-state index is -0.137. The summed E-state index contributed by atoms with van der Waals surface area (Å²) in [4.78, 5) is 16.5. The fraction of sp³-hybridized carbons (Fsp3) is 0.263. The molecule has 3 aromatic rings. The number of hydrogen-bond donors (Lipinski definition) is 1. The smallest absolute Gasteiger partial charge is 0.229 e. The van der Waals surface area contributed by atoms with Gasteiger partial charge in [-0.3, -0.25) is 4.79 Å². The third kappa shape index (κ3) is 4.64. The molecule has 0 aliphatic carbocycles. The molecule has 0 bridgehead atoms. The van der Waals surface area contributed by atoms with E-state index in [1.807, 2.05) is 49.4 Å². The van der Waals surface area contributed by atoms with Gasteiger partial charge in [-0.25, -0.2) is 4.98 Å². The second-order valence-electron chi connectivity index (χ2n) is 5.40. The summed E-state index contributed by atoms with van der Waals surface area (Å²) in [5.74, 6) is 2.13. The normalized spacial score (nSPS) is 10.5. The van der Waals surface area contributed by atoms with Gasteiger partial charge in [-0.15, -0.1) is 0 Å². The van der Waals surface area contributed by atoms with Gasteiger partial charge < -0.3 is 19.5 Å². The van der Waals surface area contributed by atoms with E-state index in [1.54, 1.807) is 7.11 Å². The average molecular weight is 372 g/mol. The topological polar surface area (TPSA) is 69.7 Å². The first kappa shape index (κ1) is 18.0. The van der Waals surface area contributed by atoms with E-state index in [0.717, 1.165) is 21.7 Å². The van der Waals surface area contributed by atoms with Gasteiger partial charge in [0, 0.05) is 0 Å². The molecule has 0 atom stereocenters. The van der Waals surface area contributed by atoms with E-state index in [1.165, 1.54) is 11.3 Å². The number of aromatic nitrogens is 1. The van der Waals surface area contributed by atoms with E-state index in [9.17, 15) is 4.79 Å². The van der Waals surface area contributed by atoms with Crippen LogP contribution in [0.1, 0.15) is 13.3 Å². The molecule has 0 unspecified atom stereocenters. The van der Waals surface area contributed by atoms with Crippen LogP contribution in [0.3, 0.4) is 0 Å². The molecule has 0 saturated heterocycles. The number of hydrogen-bond acceptors (Lipinski definition) is 6. The van der Waals surface area contributed by atoms with Crippen molar-refractivity contribution in [2.45, 2.75) is 13.3 Å².